The fourth-order valence-corrected chi connectivity index (χ4v) is 4.96. The number of alkyl carbamates (subject to hydrolysis) is 1. The van der Waals surface area contributed by atoms with Gasteiger partial charge in [0, 0.05) is 0 Å². The van der Waals surface area contributed by atoms with Gasteiger partial charge in [-0.1, -0.05) is 95.7 Å². The number of aromatic nitrogens is 2. The van der Waals surface area contributed by atoms with Crippen molar-refractivity contribution < 1.29 is 24.2 Å². The highest BCUT2D eigenvalue weighted by Crippen LogP contribution is 2.25. The van der Waals surface area contributed by atoms with Crippen molar-refractivity contribution in [2.24, 2.45) is 26.4 Å². The molecule has 0 radical (unpaired) electrons. The number of aliphatic carboxylic acids is 1. The molecule has 2 heterocycles. The second-order valence-electron chi connectivity index (χ2n) is 14.5. The summed E-state index contributed by atoms with van der Waals surface area (Å²) in [6.45, 7) is 11.3. The highest BCUT2D eigenvalue weighted by molar-refractivity contribution is 5.89. The number of nitrogens with two attached hydrogens (primary N) is 3. The van der Waals surface area contributed by atoms with E-state index >= 15 is 0 Å². The summed E-state index contributed by atoms with van der Waals surface area (Å²) in [6.07, 6.45) is 7.00. The van der Waals surface area contributed by atoms with Gasteiger partial charge in [0.05, 0.1) is 35.4 Å². The average molecular weight is 797 g/mol. The fourth-order valence-electron chi connectivity index (χ4n) is 4.96. The third-order valence-corrected chi connectivity index (χ3v) is 8.14. The van der Waals surface area contributed by atoms with E-state index in [0.29, 0.717) is 35.0 Å². The van der Waals surface area contributed by atoms with Crippen LogP contribution in [0.25, 0.3) is 0 Å². The lowest BCUT2D eigenvalue weighted by Crippen LogP contribution is -2.44. The normalized spacial score (nSPS) is 12.1. The molecule has 0 spiro atoms. The molecule has 58 heavy (non-hydrogen) atoms. The molecule has 0 unspecified atom stereocenters. The molecule has 0 aliphatic rings. The first-order chi connectivity index (χ1) is 27.6. The molecule has 4 rings (SSSR count). The van der Waals surface area contributed by atoms with E-state index in [-0.39, 0.29) is 29.8 Å². The number of ketones is 1. The van der Waals surface area contributed by atoms with Crippen LogP contribution in [-0.2, 0) is 20.7 Å². The van der Waals surface area contributed by atoms with Crippen molar-refractivity contribution in [2.75, 3.05) is 17.2 Å². The number of Topliss-reactive ketones (excluding diaryl/α,β-unsaturated/α-hetero) is 1. The molecule has 0 saturated heterocycles. The Labute approximate surface area is 342 Å². The van der Waals surface area contributed by atoms with Gasteiger partial charge in [0.2, 0.25) is 0 Å². The molecule has 8 N–H and O–H groups in total. The number of carbonyl (C=O) groups is 3. The van der Waals surface area contributed by atoms with Crippen LogP contribution in [0.3, 0.4) is 0 Å². The van der Waals surface area contributed by atoms with Crippen LogP contribution < -0.4 is 22.5 Å². The molecule has 0 saturated carbocycles. The number of carbonyl (C=O) groups excluding carboxylic acids is 2. The molecule has 15 heteroatoms. The number of carboxylic acid groups (broad SMARTS) is 1. The van der Waals surface area contributed by atoms with Gasteiger partial charge in [-0.25, -0.2) is 14.8 Å². The first-order valence-corrected chi connectivity index (χ1v) is 19.6. The maximum atomic E-state index is 12.9. The number of pyridine rings is 2. The number of unbranched alkanes of at least 4 members (excludes halogenated alkanes) is 4. The minimum absolute atomic E-state index is 0.0485. The van der Waals surface area contributed by atoms with E-state index in [1.165, 1.54) is 0 Å². The Kier molecular flexibility index (Phi) is 21.3. The van der Waals surface area contributed by atoms with Crippen molar-refractivity contribution in [1.29, 1.82) is 0 Å². The number of nitrogens with one attached hydrogen (secondary N) is 1. The zero-order chi connectivity index (χ0) is 42.9. The third kappa shape index (κ3) is 20.1. The van der Waals surface area contributed by atoms with Crippen molar-refractivity contribution >= 4 is 58.0 Å². The Morgan fingerprint density at radius 3 is 1.67 bits per heavy atom. The summed E-state index contributed by atoms with van der Waals surface area (Å²) in [6, 6.07) is 24.7. The number of rotatable bonds is 17. The molecule has 0 aliphatic carbocycles. The molecule has 4 aromatic rings. The van der Waals surface area contributed by atoms with Crippen molar-refractivity contribution in [3.05, 3.63) is 90.6 Å². The van der Waals surface area contributed by atoms with Crippen molar-refractivity contribution in [2.45, 2.75) is 111 Å². The average Bonchev–Trinajstić information content (AvgIpc) is 3.17. The Balaban J connectivity index is 0.000000366. The maximum absolute atomic E-state index is 12.9. The molecule has 2 aromatic heterocycles. The van der Waals surface area contributed by atoms with Gasteiger partial charge in [-0.05, 0) is 82.1 Å². The SMILES string of the molecule is CCCCC[C@H](C)C(=O)O.CCCCC[C@H](NC(=O)OC(C)(C)C)C(=O)Cc1ccc(N=Nc2ccccc2)c(N)n1.Nc1ccc(N=Nc2ccccc2)c(N)n1. The van der Waals surface area contributed by atoms with E-state index < -0.39 is 23.7 Å². The van der Waals surface area contributed by atoms with Crippen LogP contribution >= 0.6 is 0 Å². The topological polar surface area (TPSA) is 246 Å². The monoisotopic (exact) mass is 796 g/mol. The Morgan fingerprint density at radius 1 is 0.707 bits per heavy atom. The maximum Gasteiger partial charge on any atom is 0.408 e. The lowest BCUT2D eigenvalue weighted by molar-refractivity contribution is -0.141. The molecule has 312 valence electrons. The molecule has 1 amide bonds. The van der Waals surface area contributed by atoms with E-state index in [1.54, 1.807) is 52.0 Å². The third-order valence-electron chi connectivity index (χ3n) is 8.14. The predicted molar refractivity (Wildman–Crippen MR) is 230 cm³/mol. The summed E-state index contributed by atoms with van der Waals surface area (Å²) >= 11 is 0. The molecular weight excluding hydrogens is 737 g/mol. The number of hydrogen-bond donors (Lipinski definition) is 5. The van der Waals surface area contributed by atoms with Gasteiger partial charge >= 0.3 is 12.1 Å². The Hall–Kier alpha value is -6.25. The number of anilines is 3. The smallest absolute Gasteiger partial charge is 0.408 e. The van der Waals surface area contributed by atoms with Crippen LogP contribution in [-0.4, -0.2) is 44.6 Å². The summed E-state index contributed by atoms with van der Waals surface area (Å²) in [4.78, 5) is 43.6. The first-order valence-electron chi connectivity index (χ1n) is 19.6. The van der Waals surface area contributed by atoms with E-state index in [9.17, 15) is 14.4 Å². The molecule has 2 atom stereocenters. The molecule has 15 nitrogen and oxygen atoms in total. The molecular formula is C43H60N10O5. The highest BCUT2D eigenvalue weighted by atomic mass is 16.6. The van der Waals surface area contributed by atoms with Crippen LogP contribution in [0.4, 0.5) is 45.0 Å². The summed E-state index contributed by atoms with van der Waals surface area (Å²) < 4.78 is 5.31. The number of ether oxygens (including phenoxy) is 1. The number of carboxylic acids is 1. The minimum atomic E-state index is -0.670. The molecule has 0 bridgehead atoms. The van der Waals surface area contributed by atoms with Crippen molar-refractivity contribution in [3.63, 3.8) is 0 Å². The number of hydrogen-bond acceptors (Lipinski definition) is 13. The van der Waals surface area contributed by atoms with E-state index in [1.807, 2.05) is 60.7 Å². The van der Waals surface area contributed by atoms with Crippen LogP contribution in [0.1, 0.15) is 98.6 Å². The van der Waals surface area contributed by atoms with Crippen LogP contribution in [0.2, 0.25) is 0 Å². The Morgan fingerprint density at radius 2 is 1.21 bits per heavy atom. The second kappa shape index (κ2) is 25.8. The molecule has 0 aliphatic heterocycles. The zero-order valence-electron chi connectivity index (χ0n) is 34.6. The van der Waals surface area contributed by atoms with E-state index in [2.05, 4.69) is 49.6 Å². The zero-order valence-corrected chi connectivity index (χ0v) is 34.6. The Bertz CT molecular complexity index is 1900. The fraction of sp³-hybridized carbons (Fsp3) is 0.419. The van der Waals surface area contributed by atoms with Crippen molar-refractivity contribution in [3.8, 4) is 0 Å². The number of nitrogens with zero attached hydrogens (tertiary/aromatic N) is 6. The van der Waals surface area contributed by atoms with E-state index in [4.69, 9.17) is 27.0 Å². The number of amides is 1. The van der Waals surface area contributed by atoms with Gasteiger partial charge in [-0.15, -0.1) is 10.2 Å². The van der Waals surface area contributed by atoms with Crippen LogP contribution in [0.5, 0.6) is 0 Å². The number of benzene rings is 2. The summed E-state index contributed by atoms with van der Waals surface area (Å²) in [7, 11) is 0. The lowest BCUT2D eigenvalue weighted by Gasteiger charge is -2.23. The van der Waals surface area contributed by atoms with Gasteiger partial charge < -0.3 is 32.4 Å². The van der Waals surface area contributed by atoms with Crippen molar-refractivity contribution in [1.82, 2.24) is 15.3 Å². The number of azo groups is 2. The predicted octanol–water partition coefficient (Wildman–Crippen LogP) is 10.6. The molecule has 2 aromatic carbocycles. The summed E-state index contributed by atoms with van der Waals surface area (Å²) in [5.41, 5.74) is 19.4. The van der Waals surface area contributed by atoms with Crippen LogP contribution in [0, 0.1) is 5.92 Å². The number of nitrogen functional groups attached to an aromatic ring is 3. The van der Waals surface area contributed by atoms with Gasteiger partial charge in [0.15, 0.2) is 17.4 Å². The first kappa shape index (κ1) is 47.9. The lowest BCUT2D eigenvalue weighted by atomic mass is 10.0. The second-order valence-corrected chi connectivity index (χ2v) is 14.5. The highest BCUT2D eigenvalue weighted by Gasteiger charge is 2.24. The van der Waals surface area contributed by atoms with Gasteiger partial charge in [-0.3, -0.25) is 9.59 Å². The molecule has 0 fully saturated rings. The van der Waals surface area contributed by atoms with Gasteiger partial charge in [0.1, 0.15) is 22.8 Å². The quantitative estimate of drug-likeness (QED) is 0.0499. The van der Waals surface area contributed by atoms with E-state index in [0.717, 1.165) is 50.6 Å². The summed E-state index contributed by atoms with van der Waals surface area (Å²) in [5.74, 6) is -0.131. The largest absolute Gasteiger partial charge is 0.481 e. The minimum Gasteiger partial charge on any atom is -0.481 e. The van der Waals surface area contributed by atoms with Gasteiger partial charge in [-0.2, -0.15) is 10.2 Å². The summed E-state index contributed by atoms with van der Waals surface area (Å²) in [5, 5.41) is 27.5. The van der Waals surface area contributed by atoms with Gasteiger partial charge in [0.25, 0.3) is 0 Å². The van der Waals surface area contributed by atoms with Crippen LogP contribution in [0.15, 0.2) is 105 Å². The standard InChI is InChI=1S/C24H33N5O3.C11H11N5.C8H16O2/c1-5-6-8-13-19(27-23(31)32-24(2,3)4)21(30)16-18-14-15-20(22(25)26-18)29-28-17-11-9-7-10-12-17;12-10-7-6-9(11(13)14-10)16-15-8-4-2-1-3-5-8;1-3-4-5-6-7(2)8(9)10/h7,9-12,14-15,19H,5-6,8,13,16H2,1-4H3,(H2,25,26)(H,27,31);1-7H,(H4,12,13,14);7H,3-6H2,1-2H3,(H,9,10)/t19-;;7-/m0.0/s1.